The maximum atomic E-state index is 12.0. The van der Waals surface area contributed by atoms with E-state index in [-0.39, 0.29) is 23.9 Å². The van der Waals surface area contributed by atoms with E-state index in [2.05, 4.69) is 10.1 Å². The SMILES string of the molecule is COC(=O)COc1ccc(NC(=O)N(C)CC(C)C(=O)O)cc1Cl. The van der Waals surface area contributed by atoms with Gasteiger partial charge in [0.05, 0.1) is 18.1 Å². The van der Waals surface area contributed by atoms with Crippen molar-refractivity contribution < 1.29 is 29.0 Å². The van der Waals surface area contributed by atoms with Gasteiger partial charge in [0, 0.05) is 19.3 Å². The third kappa shape index (κ3) is 5.96. The lowest BCUT2D eigenvalue weighted by Crippen LogP contribution is -2.36. The highest BCUT2D eigenvalue weighted by Gasteiger charge is 2.17. The number of amides is 2. The molecule has 0 aliphatic carbocycles. The summed E-state index contributed by atoms with van der Waals surface area (Å²) in [6.45, 7) is 1.30. The van der Waals surface area contributed by atoms with E-state index in [1.54, 1.807) is 6.07 Å². The van der Waals surface area contributed by atoms with E-state index >= 15 is 0 Å². The van der Waals surface area contributed by atoms with Crippen LogP contribution in [0.2, 0.25) is 5.02 Å². The van der Waals surface area contributed by atoms with Crippen LogP contribution in [0.25, 0.3) is 0 Å². The van der Waals surface area contributed by atoms with Crippen molar-refractivity contribution in [1.29, 1.82) is 0 Å². The quantitative estimate of drug-likeness (QED) is 0.723. The van der Waals surface area contributed by atoms with E-state index in [1.165, 1.54) is 38.1 Å². The van der Waals surface area contributed by atoms with Crippen LogP contribution < -0.4 is 10.1 Å². The van der Waals surface area contributed by atoms with Crippen LogP contribution in [0.1, 0.15) is 6.92 Å². The Bertz CT molecular complexity index is 622. The molecule has 0 aliphatic heterocycles. The summed E-state index contributed by atoms with van der Waals surface area (Å²) in [5.74, 6) is -1.94. The molecule has 24 heavy (non-hydrogen) atoms. The highest BCUT2D eigenvalue weighted by Crippen LogP contribution is 2.27. The zero-order chi connectivity index (χ0) is 18.3. The standard InChI is InChI=1S/C15H19ClN2O6/c1-9(14(20)21)7-18(2)15(22)17-10-4-5-12(11(16)6-10)24-8-13(19)23-3/h4-6,9H,7-8H2,1-3H3,(H,17,22)(H,20,21). The van der Waals surface area contributed by atoms with E-state index in [9.17, 15) is 14.4 Å². The largest absolute Gasteiger partial charge is 0.481 e. The number of nitrogens with zero attached hydrogens (tertiary/aromatic N) is 1. The van der Waals surface area contributed by atoms with Crippen molar-refractivity contribution in [1.82, 2.24) is 4.90 Å². The number of rotatable bonds is 7. The molecule has 0 radical (unpaired) electrons. The Kier molecular flexibility index (Phi) is 7.31. The van der Waals surface area contributed by atoms with Gasteiger partial charge in [0.25, 0.3) is 0 Å². The summed E-state index contributed by atoms with van der Waals surface area (Å²) in [6.07, 6.45) is 0. The molecular formula is C15H19ClN2O6. The number of benzene rings is 1. The number of hydrogen-bond acceptors (Lipinski definition) is 5. The smallest absolute Gasteiger partial charge is 0.343 e. The van der Waals surface area contributed by atoms with Crippen LogP contribution in [0.15, 0.2) is 18.2 Å². The topological polar surface area (TPSA) is 105 Å². The number of nitrogens with one attached hydrogen (secondary N) is 1. The number of methoxy groups -OCH3 is 1. The molecule has 2 amide bonds. The lowest BCUT2D eigenvalue weighted by atomic mass is 10.2. The van der Waals surface area contributed by atoms with Gasteiger partial charge in [-0.25, -0.2) is 9.59 Å². The van der Waals surface area contributed by atoms with Gasteiger partial charge in [-0.2, -0.15) is 0 Å². The monoisotopic (exact) mass is 358 g/mol. The summed E-state index contributed by atoms with van der Waals surface area (Å²) >= 11 is 6.03. The summed E-state index contributed by atoms with van der Waals surface area (Å²) in [5, 5.41) is 11.7. The number of carbonyl (C=O) groups excluding carboxylic acids is 2. The van der Waals surface area contributed by atoms with Crippen molar-refractivity contribution in [2.24, 2.45) is 5.92 Å². The number of aliphatic carboxylic acids is 1. The Morgan fingerprint density at radius 2 is 2.04 bits per heavy atom. The average molecular weight is 359 g/mol. The molecule has 8 nitrogen and oxygen atoms in total. The first-order valence-electron chi connectivity index (χ1n) is 6.98. The van der Waals surface area contributed by atoms with E-state index in [1.807, 2.05) is 0 Å². The van der Waals surface area contributed by atoms with Gasteiger partial charge in [-0.1, -0.05) is 18.5 Å². The van der Waals surface area contributed by atoms with Gasteiger partial charge in [0.1, 0.15) is 5.75 Å². The molecule has 2 N–H and O–H groups in total. The first-order chi connectivity index (χ1) is 11.2. The molecule has 1 unspecified atom stereocenters. The fraction of sp³-hybridized carbons (Fsp3) is 0.400. The summed E-state index contributed by atoms with van der Waals surface area (Å²) in [7, 11) is 2.73. The van der Waals surface area contributed by atoms with Crippen LogP contribution in [0.4, 0.5) is 10.5 Å². The summed E-state index contributed by atoms with van der Waals surface area (Å²) < 4.78 is 9.63. The van der Waals surface area contributed by atoms with E-state index in [4.69, 9.17) is 21.4 Å². The van der Waals surface area contributed by atoms with Crippen molar-refractivity contribution in [3.63, 3.8) is 0 Å². The third-order valence-corrected chi connectivity index (χ3v) is 3.37. The van der Waals surface area contributed by atoms with Crippen LogP contribution in [0.3, 0.4) is 0 Å². The Hall–Kier alpha value is -2.48. The lowest BCUT2D eigenvalue weighted by Gasteiger charge is -2.20. The predicted molar refractivity (Wildman–Crippen MR) is 87.4 cm³/mol. The summed E-state index contributed by atoms with van der Waals surface area (Å²) in [6, 6.07) is 4.04. The Morgan fingerprint density at radius 3 is 2.58 bits per heavy atom. The maximum Gasteiger partial charge on any atom is 0.343 e. The van der Waals surface area contributed by atoms with E-state index < -0.39 is 23.9 Å². The molecule has 0 bridgehead atoms. The number of anilines is 1. The highest BCUT2D eigenvalue weighted by molar-refractivity contribution is 6.32. The molecule has 1 aromatic rings. The Labute approximate surface area is 144 Å². The molecule has 9 heteroatoms. The fourth-order valence-electron chi connectivity index (χ4n) is 1.68. The molecular weight excluding hydrogens is 340 g/mol. The van der Waals surface area contributed by atoms with Crippen molar-refractivity contribution in [2.45, 2.75) is 6.92 Å². The molecule has 0 saturated carbocycles. The van der Waals surface area contributed by atoms with Gasteiger partial charge in [-0.05, 0) is 18.2 Å². The number of carbonyl (C=O) groups is 3. The van der Waals surface area contributed by atoms with Crippen molar-refractivity contribution in [2.75, 3.05) is 32.6 Å². The number of carboxylic acids is 1. The van der Waals surface area contributed by atoms with Crippen LogP contribution in [-0.2, 0) is 14.3 Å². The normalized spacial score (nSPS) is 11.3. The minimum absolute atomic E-state index is 0.0647. The number of urea groups is 1. The maximum absolute atomic E-state index is 12.0. The first-order valence-corrected chi connectivity index (χ1v) is 7.36. The Balaban J connectivity index is 2.65. The third-order valence-electron chi connectivity index (χ3n) is 3.07. The van der Waals surface area contributed by atoms with Gasteiger partial charge in [-0.3, -0.25) is 4.79 Å². The van der Waals surface area contributed by atoms with Gasteiger partial charge in [-0.15, -0.1) is 0 Å². The molecule has 132 valence electrons. The highest BCUT2D eigenvalue weighted by atomic mass is 35.5. The van der Waals surface area contributed by atoms with E-state index in [0.717, 1.165) is 0 Å². The number of esters is 1. The van der Waals surface area contributed by atoms with Crippen molar-refractivity contribution in [3.05, 3.63) is 23.2 Å². The number of carboxylic acid groups (broad SMARTS) is 1. The molecule has 1 rings (SSSR count). The zero-order valence-corrected chi connectivity index (χ0v) is 14.3. The van der Waals surface area contributed by atoms with Crippen LogP contribution in [0.5, 0.6) is 5.75 Å². The molecule has 0 spiro atoms. The van der Waals surface area contributed by atoms with Gasteiger partial charge < -0.3 is 24.8 Å². The van der Waals surface area contributed by atoms with Gasteiger partial charge in [0.2, 0.25) is 0 Å². The summed E-state index contributed by atoms with van der Waals surface area (Å²) in [5.41, 5.74) is 0.408. The first kappa shape index (κ1) is 19.6. The van der Waals surface area contributed by atoms with Gasteiger partial charge >= 0.3 is 18.0 Å². The van der Waals surface area contributed by atoms with Crippen LogP contribution in [0, 0.1) is 5.92 Å². The van der Waals surface area contributed by atoms with E-state index in [0.29, 0.717) is 5.69 Å². The number of ether oxygens (including phenoxy) is 2. The Morgan fingerprint density at radius 1 is 1.38 bits per heavy atom. The van der Waals surface area contributed by atoms with Crippen molar-refractivity contribution in [3.8, 4) is 5.75 Å². The number of halogens is 1. The minimum Gasteiger partial charge on any atom is -0.481 e. The number of hydrogen-bond donors (Lipinski definition) is 2. The van der Waals surface area contributed by atoms with Crippen molar-refractivity contribution >= 4 is 35.3 Å². The molecule has 1 atom stereocenters. The molecule has 0 heterocycles. The average Bonchev–Trinajstić information content (AvgIpc) is 2.53. The van der Waals surface area contributed by atoms with Gasteiger partial charge in [0.15, 0.2) is 6.61 Å². The summed E-state index contributed by atoms with van der Waals surface area (Å²) in [4.78, 5) is 35.1. The fourth-order valence-corrected chi connectivity index (χ4v) is 1.92. The molecule has 1 aromatic carbocycles. The van der Waals surface area contributed by atoms with Crippen LogP contribution >= 0.6 is 11.6 Å². The molecule has 0 fully saturated rings. The minimum atomic E-state index is -0.982. The second-order valence-corrected chi connectivity index (χ2v) is 5.47. The second kappa shape index (κ2) is 8.97. The molecule has 0 aromatic heterocycles. The predicted octanol–water partition coefficient (Wildman–Crippen LogP) is 2.08. The molecule has 0 saturated heterocycles. The zero-order valence-electron chi connectivity index (χ0n) is 13.5. The lowest BCUT2D eigenvalue weighted by molar-refractivity contribution is -0.143. The second-order valence-electron chi connectivity index (χ2n) is 5.06. The molecule has 0 aliphatic rings. The van der Waals surface area contributed by atoms with Crippen LogP contribution in [-0.4, -0.2) is 55.3 Å².